The number of rotatable bonds is 7. The number of sulfonamides is 1. The standard InChI is InChI=1S/C22H24N4O6S/c1-13-14(2)24-32-20(13)25-33(30,31)16-9-7-15(8-10-16)23-19(27)11-12-26-21(28)17-5-3-4-6-18(17)22(26)29/h3-4,7-10,17-18,25H,5-6,11-12H2,1-2H3,(H,23,27)/t17-,18-/m0/s1. The van der Waals surface area contributed by atoms with Crippen LogP contribution in [-0.4, -0.2) is 42.7 Å². The fourth-order valence-electron chi connectivity index (χ4n) is 3.94. The molecule has 0 bridgehead atoms. The van der Waals surface area contributed by atoms with Crippen molar-refractivity contribution < 1.29 is 27.3 Å². The highest BCUT2D eigenvalue weighted by molar-refractivity contribution is 7.92. The summed E-state index contributed by atoms with van der Waals surface area (Å²) in [5.41, 5.74) is 1.56. The number of fused-ring (bicyclic) bond motifs is 1. The second kappa shape index (κ2) is 8.81. The van der Waals surface area contributed by atoms with E-state index in [4.69, 9.17) is 4.52 Å². The van der Waals surface area contributed by atoms with Crippen LogP contribution in [0.3, 0.4) is 0 Å². The number of benzene rings is 1. The van der Waals surface area contributed by atoms with Gasteiger partial charge in [-0.15, -0.1) is 0 Å². The Balaban J connectivity index is 1.33. The normalized spacial score (nSPS) is 20.1. The third-order valence-corrected chi connectivity index (χ3v) is 7.34. The van der Waals surface area contributed by atoms with Crippen LogP contribution in [0.1, 0.15) is 30.5 Å². The van der Waals surface area contributed by atoms with Gasteiger partial charge >= 0.3 is 0 Å². The van der Waals surface area contributed by atoms with Gasteiger partial charge in [0.1, 0.15) is 0 Å². The molecule has 2 aliphatic rings. The molecule has 2 aromatic rings. The molecule has 33 heavy (non-hydrogen) atoms. The molecule has 2 atom stereocenters. The average Bonchev–Trinajstić information content (AvgIpc) is 3.23. The van der Waals surface area contributed by atoms with Gasteiger partial charge in [-0.05, 0) is 51.0 Å². The van der Waals surface area contributed by atoms with Crippen LogP contribution in [0.2, 0.25) is 0 Å². The number of carbonyl (C=O) groups is 3. The van der Waals surface area contributed by atoms with Crippen LogP contribution in [0.5, 0.6) is 0 Å². The predicted molar refractivity (Wildman–Crippen MR) is 119 cm³/mol. The van der Waals surface area contributed by atoms with E-state index in [-0.39, 0.29) is 53.3 Å². The number of allylic oxidation sites excluding steroid dienone is 2. The third kappa shape index (κ3) is 4.54. The van der Waals surface area contributed by atoms with Crippen LogP contribution in [0.4, 0.5) is 11.6 Å². The molecule has 0 radical (unpaired) electrons. The smallest absolute Gasteiger partial charge is 0.264 e. The molecular weight excluding hydrogens is 448 g/mol. The van der Waals surface area contributed by atoms with E-state index in [2.05, 4.69) is 15.2 Å². The number of hydrogen-bond donors (Lipinski definition) is 2. The summed E-state index contributed by atoms with van der Waals surface area (Å²) in [5.74, 6) is -1.42. The van der Waals surface area contributed by atoms with E-state index >= 15 is 0 Å². The zero-order chi connectivity index (χ0) is 23.8. The summed E-state index contributed by atoms with van der Waals surface area (Å²) in [4.78, 5) is 38.4. The van der Waals surface area contributed by atoms with Crippen LogP contribution < -0.4 is 10.0 Å². The van der Waals surface area contributed by atoms with Crippen molar-refractivity contribution >= 4 is 39.3 Å². The Labute approximate surface area is 191 Å². The maximum absolute atomic E-state index is 12.6. The minimum atomic E-state index is -3.90. The van der Waals surface area contributed by atoms with E-state index in [1.807, 2.05) is 12.2 Å². The summed E-state index contributed by atoms with van der Waals surface area (Å²) in [6.07, 6.45) is 4.89. The Morgan fingerprint density at radius 2 is 1.70 bits per heavy atom. The zero-order valence-corrected chi connectivity index (χ0v) is 19.0. The van der Waals surface area contributed by atoms with E-state index in [0.717, 1.165) is 0 Å². The molecule has 10 nitrogen and oxygen atoms in total. The summed E-state index contributed by atoms with van der Waals surface area (Å²) in [6, 6.07) is 5.61. The van der Waals surface area contributed by atoms with Crippen molar-refractivity contribution in [2.45, 2.75) is 38.0 Å². The molecule has 2 heterocycles. The summed E-state index contributed by atoms with van der Waals surface area (Å²) >= 11 is 0. The largest absolute Gasteiger partial charge is 0.337 e. The molecule has 0 unspecified atom stereocenters. The summed E-state index contributed by atoms with van der Waals surface area (Å²) in [7, 11) is -3.90. The molecular formula is C22H24N4O6S. The molecule has 11 heteroatoms. The number of amides is 3. The molecule has 0 saturated carbocycles. The monoisotopic (exact) mass is 472 g/mol. The van der Waals surface area contributed by atoms with Crippen LogP contribution in [-0.2, 0) is 24.4 Å². The Bertz CT molecular complexity index is 1210. The number of likely N-dealkylation sites (tertiary alicyclic amines) is 1. The first-order valence-electron chi connectivity index (χ1n) is 10.5. The van der Waals surface area contributed by atoms with Crippen molar-refractivity contribution in [2.75, 3.05) is 16.6 Å². The first-order chi connectivity index (χ1) is 15.7. The lowest BCUT2D eigenvalue weighted by Gasteiger charge is -2.14. The summed E-state index contributed by atoms with van der Waals surface area (Å²) in [6.45, 7) is 3.41. The van der Waals surface area contributed by atoms with Crippen molar-refractivity contribution in [1.29, 1.82) is 0 Å². The Morgan fingerprint density at radius 1 is 1.09 bits per heavy atom. The molecule has 1 aliphatic heterocycles. The third-order valence-electron chi connectivity index (χ3n) is 5.99. The Morgan fingerprint density at radius 3 is 2.24 bits per heavy atom. The molecule has 0 spiro atoms. The molecule has 174 valence electrons. The maximum atomic E-state index is 12.6. The Hall–Kier alpha value is -3.47. The number of aromatic nitrogens is 1. The van der Waals surface area contributed by atoms with Crippen molar-refractivity contribution in [1.82, 2.24) is 10.1 Å². The van der Waals surface area contributed by atoms with Gasteiger partial charge in [0.05, 0.1) is 22.4 Å². The first-order valence-corrected chi connectivity index (χ1v) is 12.0. The zero-order valence-electron chi connectivity index (χ0n) is 18.2. The lowest BCUT2D eigenvalue weighted by molar-refractivity contribution is -0.140. The lowest BCUT2D eigenvalue weighted by Crippen LogP contribution is -2.34. The van der Waals surface area contributed by atoms with Crippen molar-refractivity contribution in [3.63, 3.8) is 0 Å². The highest BCUT2D eigenvalue weighted by Gasteiger charge is 2.46. The predicted octanol–water partition coefficient (Wildman–Crippen LogP) is 2.37. The highest BCUT2D eigenvalue weighted by atomic mass is 32.2. The van der Waals surface area contributed by atoms with Crippen LogP contribution >= 0.6 is 0 Å². The second-order valence-electron chi connectivity index (χ2n) is 8.13. The van der Waals surface area contributed by atoms with E-state index in [1.165, 1.54) is 29.2 Å². The minimum absolute atomic E-state index is 0.0153. The number of anilines is 2. The molecule has 1 aromatic carbocycles. The van der Waals surface area contributed by atoms with Gasteiger partial charge in [-0.2, -0.15) is 0 Å². The first kappa shape index (κ1) is 22.7. The lowest BCUT2D eigenvalue weighted by atomic mass is 9.85. The number of carbonyl (C=O) groups excluding carboxylic acids is 3. The fourth-order valence-corrected chi connectivity index (χ4v) is 4.98. The molecule has 1 aromatic heterocycles. The van der Waals surface area contributed by atoms with Gasteiger partial charge in [0.15, 0.2) is 0 Å². The quantitative estimate of drug-likeness (QED) is 0.466. The molecule has 1 saturated heterocycles. The second-order valence-corrected chi connectivity index (χ2v) is 9.82. The molecule has 1 aliphatic carbocycles. The van der Waals surface area contributed by atoms with Gasteiger partial charge in [-0.25, -0.2) is 13.1 Å². The molecule has 3 amide bonds. The Kier molecular flexibility index (Phi) is 6.07. The van der Waals surface area contributed by atoms with E-state index in [9.17, 15) is 22.8 Å². The van der Waals surface area contributed by atoms with Crippen molar-refractivity contribution in [3.05, 3.63) is 47.7 Å². The average molecular weight is 473 g/mol. The van der Waals surface area contributed by atoms with Crippen LogP contribution in [0, 0.1) is 25.7 Å². The number of nitrogens with zero attached hydrogens (tertiary/aromatic N) is 2. The summed E-state index contributed by atoms with van der Waals surface area (Å²) in [5, 5.41) is 6.37. The van der Waals surface area contributed by atoms with E-state index in [0.29, 0.717) is 29.8 Å². The molecule has 1 fully saturated rings. The van der Waals surface area contributed by atoms with Gasteiger partial charge < -0.3 is 9.84 Å². The minimum Gasteiger partial charge on any atom is -0.337 e. The SMILES string of the molecule is Cc1noc(NS(=O)(=O)c2ccc(NC(=O)CCN3C(=O)[C@H]4CC=CC[C@@H]4C3=O)cc2)c1C. The topological polar surface area (TPSA) is 139 Å². The fraction of sp³-hybridized carbons (Fsp3) is 0.364. The number of hydrogen-bond acceptors (Lipinski definition) is 7. The van der Waals surface area contributed by atoms with Gasteiger partial charge in [-0.3, -0.25) is 19.3 Å². The van der Waals surface area contributed by atoms with Crippen LogP contribution in [0.15, 0.2) is 45.8 Å². The number of imide groups is 1. The van der Waals surface area contributed by atoms with E-state index < -0.39 is 10.0 Å². The highest BCUT2D eigenvalue weighted by Crippen LogP contribution is 2.35. The summed E-state index contributed by atoms with van der Waals surface area (Å²) < 4.78 is 32.4. The molecule has 4 rings (SSSR count). The van der Waals surface area contributed by atoms with Gasteiger partial charge in [0, 0.05) is 24.2 Å². The van der Waals surface area contributed by atoms with Crippen molar-refractivity contribution in [2.24, 2.45) is 11.8 Å². The maximum Gasteiger partial charge on any atom is 0.264 e. The van der Waals surface area contributed by atoms with Gasteiger partial charge in [0.2, 0.25) is 23.6 Å². The molecule has 2 N–H and O–H groups in total. The number of aryl methyl sites for hydroxylation is 1. The number of nitrogens with one attached hydrogen (secondary N) is 2. The van der Waals surface area contributed by atoms with Gasteiger partial charge in [-0.1, -0.05) is 17.3 Å². The van der Waals surface area contributed by atoms with Gasteiger partial charge in [0.25, 0.3) is 10.0 Å². The van der Waals surface area contributed by atoms with Crippen LogP contribution in [0.25, 0.3) is 0 Å². The van der Waals surface area contributed by atoms with E-state index in [1.54, 1.807) is 13.8 Å². The van der Waals surface area contributed by atoms with Crippen molar-refractivity contribution in [3.8, 4) is 0 Å².